The average molecular weight is 1550 g/mol. The predicted octanol–water partition coefficient (Wildman–Crippen LogP) is 28.3. The van der Waals surface area contributed by atoms with Gasteiger partial charge in [0.25, 0.3) is 0 Å². The van der Waals surface area contributed by atoms with Gasteiger partial charge in [-0.1, -0.05) is 249 Å². The van der Waals surface area contributed by atoms with Crippen molar-refractivity contribution in [1.82, 2.24) is 49.8 Å². The summed E-state index contributed by atoms with van der Waals surface area (Å²) in [6.45, 7) is 0. The molecule has 0 atom stereocenters. The summed E-state index contributed by atoms with van der Waals surface area (Å²) in [7, 11) is 0. The van der Waals surface area contributed by atoms with Crippen LogP contribution in [0, 0.1) is 0 Å². The first-order valence-corrected chi connectivity index (χ1v) is 41.2. The Labute approximate surface area is 679 Å². The maximum Gasteiger partial charge on any atom is 0.124 e. The topological polar surface area (TPSA) is 129 Å². The van der Waals surface area contributed by atoms with Crippen LogP contribution in [0.5, 0.6) is 0 Å². The van der Waals surface area contributed by atoms with Gasteiger partial charge in [0.15, 0.2) is 0 Å². The van der Waals surface area contributed by atoms with E-state index < -0.39 is 0 Å². The van der Waals surface area contributed by atoms with Crippen LogP contribution in [0.25, 0.3) is 235 Å². The second-order valence-electron chi connectivity index (χ2n) is 29.2. The van der Waals surface area contributed by atoms with Crippen molar-refractivity contribution in [2.24, 2.45) is 0 Å². The van der Waals surface area contributed by atoms with Crippen molar-refractivity contribution in [3.63, 3.8) is 0 Å². The van der Waals surface area contributed by atoms with E-state index in [1.165, 1.54) is 201 Å². The molecule has 0 amide bonds. The Morgan fingerprint density at radius 2 is 0.453 bits per heavy atom. The summed E-state index contributed by atoms with van der Waals surface area (Å²) in [5.41, 5.74) is 10.0. The van der Waals surface area contributed by atoms with Gasteiger partial charge in [0.1, 0.15) is 46.7 Å². The van der Waals surface area contributed by atoms with Crippen molar-refractivity contribution in [2.75, 3.05) is 0 Å². The van der Waals surface area contributed by atoms with E-state index in [-0.39, 0.29) is 0 Å². The largest absolute Gasteiger partial charge is 0.245 e. The Morgan fingerprint density at radius 3 is 0.744 bits per heavy atom. The van der Waals surface area contributed by atoms with Gasteiger partial charge in [-0.3, -0.25) is 0 Å². The number of para-hydroxylation sites is 4. The molecule has 0 aliphatic heterocycles. The minimum absolute atomic E-state index is 0.998. The van der Waals surface area contributed by atoms with Crippen molar-refractivity contribution in [2.45, 2.75) is 0 Å². The minimum atomic E-state index is 0.998. The van der Waals surface area contributed by atoms with Crippen molar-refractivity contribution in [3.8, 4) is 42.8 Å². The molecule has 6 aromatic heterocycles. The minimum Gasteiger partial charge on any atom is -0.245 e. The first kappa shape index (κ1) is 67.8. The lowest BCUT2D eigenvalue weighted by molar-refractivity contribution is 1.05. The molecule has 28 rings (SSSR count). The molecule has 28 aromatic rings. The molecular formula is C104H60N10S3. The molecule has 0 N–H and O–H groups in total. The Bertz CT molecular complexity index is 7250. The first-order valence-electron chi connectivity index (χ1n) is 38.8. The van der Waals surface area contributed by atoms with E-state index in [4.69, 9.17) is 15.0 Å². The Balaban J connectivity index is 0.0000000945. The van der Waals surface area contributed by atoms with E-state index >= 15 is 0 Å². The van der Waals surface area contributed by atoms with Crippen molar-refractivity contribution < 1.29 is 0 Å². The van der Waals surface area contributed by atoms with Gasteiger partial charge in [0.05, 0.1) is 36.2 Å². The van der Waals surface area contributed by atoms with Crippen LogP contribution < -0.4 is 0 Å². The molecule has 0 bridgehead atoms. The van der Waals surface area contributed by atoms with Gasteiger partial charge >= 0.3 is 0 Å². The fourth-order valence-corrected chi connectivity index (χ4v) is 21.0. The molecule has 0 radical (unpaired) electrons. The van der Waals surface area contributed by atoms with Crippen LogP contribution in [0.15, 0.2) is 366 Å². The van der Waals surface area contributed by atoms with E-state index in [0.717, 1.165) is 59.2 Å². The van der Waals surface area contributed by atoms with Crippen molar-refractivity contribution in [1.29, 1.82) is 0 Å². The SMILES string of the molecule is c1cc2c3cccc4c5cccc6c7cccc8c9cccc%10c%11cccc%12c(c1)c2c1c(c34)c(c56)c(c78)c(c%109)c1c%12%11.c1ccc2c(-c3cccc4ccccc34)cccc2c1.c1ccc2ncncc2c1.c1ccc2sc(-c3cc(-c4nc5ccccc5s4)cc(-c4nc5ccccc5s4)c3)nc2c1.c1cncnc1.c1ncncn1. The third-order valence-corrected chi connectivity index (χ3v) is 26.1. The van der Waals surface area contributed by atoms with Crippen LogP contribution in [-0.4, -0.2) is 49.8 Å². The Hall–Kier alpha value is -14.9. The third-order valence-electron chi connectivity index (χ3n) is 22.8. The molecule has 10 nitrogen and oxygen atoms in total. The van der Waals surface area contributed by atoms with E-state index in [1.807, 2.05) is 48.7 Å². The molecule has 0 spiro atoms. The highest BCUT2D eigenvalue weighted by molar-refractivity contribution is 7.22. The van der Waals surface area contributed by atoms with Crippen LogP contribution in [0.3, 0.4) is 0 Å². The van der Waals surface area contributed by atoms with Crippen LogP contribution in [-0.2, 0) is 0 Å². The molecule has 0 saturated heterocycles. The molecule has 0 fully saturated rings. The fraction of sp³-hybridized carbons (Fsp3) is 0. The number of aromatic nitrogens is 10. The lowest BCUT2D eigenvalue weighted by atomic mass is 9.73. The summed E-state index contributed by atoms with van der Waals surface area (Å²) in [6, 6.07) is 113. The van der Waals surface area contributed by atoms with Gasteiger partial charge in [-0.15, -0.1) is 34.0 Å². The monoisotopic (exact) mass is 1540 g/mol. The highest BCUT2D eigenvalue weighted by Gasteiger charge is 2.31. The van der Waals surface area contributed by atoms with E-state index in [1.54, 1.807) is 58.8 Å². The molecule has 0 unspecified atom stereocenters. The number of thiazole rings is 3. The second-order valence-corrected chi connectivity index (χ2v) is 32.3. The summed E-state index contributed by atoms with van der Waals surface area (Å²) < 4.78 is 3.58. The first-order chi connectivity index (χ1) is 58.1. The zero-order valence-electron chi connectivity index (χ0n) is 62.3. The lowest BCUT2D eigenvalue weighted by Gasteiger charge is -2.29. The van der Waals surface area contributed by atoms with E-state index in [2.05, 4.69) is 302 Å². The number of rotatable bonds is 4. The average Bonchev–Trinajstić information content (AvgIpc) is 0.861. The van der Waals surface area contributed by atoms with Crippen molar-refractivity contribution in [3.05, 3.63) is 366 Å². The summed E-state index contributed by atoms with van der Waals surface area (Å²) in [6.07, 6.45) is 12.6. The summed E-state index contributed by atoms with van der Waals surface area (Å²) in [5, 5.41) is 43.3. The number of hydrogen-bond acceptors (Lipinski definition) is 13. The van der Waals surface area contributed by atoms with Crippen molar-refractivity contribution >= 4 is 226 Å². The highest BCUT2D eigenvalue weighted by Crippen LogP contribution is 2.60. The van der Waals surface area contributed by atoms with Gasteiger partial charge in [-0.05, 0) is 229 Å². The van der Waals surface area contributed by atoms with E-state index in [0.29, 0.717) is 0 Å². The molecule has 6 heterocycles. The molecule has 0 aliphatic carbocycles. The molecular weight excluding hydrogens is 1490 g/mol. The van der Waals surface area contributed by atoms with Gasteiger partial charge in [0.2, 0.25) is 0 Å². The standard InChI is InChI=1S/C42H18.C27H15N3S3.C20H14.C8H6N2.C4H4N2.C3H3N3/c1-7-19-21-9-2-11-23-25-13-4-15-27-29-17-6-18-30-28-16-5-14-26-24-12-3-10-22-20(8-1)31(19)37-38(32(21)23)40(34(25)27)42(36(29)30)41(35(26)28)39(37)33(22)24;1-4-10-22-19(7-1)28-25(31-22)16-13-17(26-29-20-8-2-5-11-23(20)32-26)15-18(14-16)27-30-21-9-3-6-12-24(21)33-27;1-3-11-17-15(7-1)9-5-13-19(17)20-14-6-10-16-8-2-4-12-18(16)20;1-2-4-8-7(3-1)5-9-6-10-8;1-2-5-4-6-3-1;1-4-2-6-3-5-1/h1-18H;1-15H;1-14H;1-6H;1-4H;1-3H. The maximum atomic E-state index is 4.92. The number of benzene rings is 22. The highest BCUT2D eigenvalue weighted by atomic mass is 32.1. The molecule has 544 valence electrons. The lowest BCUT2D eigenvalue weighted by Crippen LogP contribution is -1.99. The van der Waals surface area contributed by atoms with Crippen LogP contribution in [0.4, 0.5) is 0 Å². The van der Waals surface area contributed by atoms with E-state index in [9.17, 15) is 0 Å². The van der Waals surface area contributed by atoms with Crippen LogP contribution in [0.2, 0.25) is 0 Å². The molecule has 13 heteroatoms. The van der Waals surface area contributed by atoms with Gasteiger partial charge in [0, 0.05) is 40.7 Å². The number of fused-ring (bicyclic) bond motifs is 12. The fourth-order valence-electron chi connectivity index (χ4n) is 18.2. The quantitative estimate of drug-likeness (QED) is 0.124. The third kappa shape index (κ3) is 11.2. The molecule has 22 aromatic carbocycles. The van der Waals surface area contributed by atoms with Gasteiger partial charge in [-0.25, -0.2) is 49.8 Å². The zero-order chi connectivity index (χ0) is 77.0. The van der Waals surface area contributed by atoms with Gasteiger partial charge < -0.3 is 0 Å². The number of hydrogen-bond donors (Lipinski definition) is 0. The molecule has 117 heavy (non-hydrogen) atoms. The molecule has 0 saturated carbocycles. The van der Waals surface area contributed by atoms with Crippen LogP contribution in [0.1, 0.15) is 0 Å². The predicted molar refractivity (Wildman–Crippen MR) is 494 cm³/mol. The normalized spacial score (nSPS) is 11.8. The zero-order valence-corrected chi connectivity index (χ0v) is 64.8. The summed E-state index contributed by atoms with van der Waals surface area (Å²) in [4.78, 5) is 40.8. The van der Waals surface area contributed by atoms with Crippen LogP contribution >= 0.6 is 34.0 Å². The Kier molecular flexibility index (Phi) is 16.3. The number of nitrogens with zero attached hydrogens (tertiary/aromatic N) is 10. The summed E-state index contributed by atoms with van der Waals surface area (Å²) in [5.74, 6) is 0. The van der Waals surface area contributed by atoms with Gasteiger partial charge in [-0.2, -0.15) is 0 Å². The second kappa shape index (κ2) is 28.1. The molecule has 0 aliphatic rings. The Morgan fingerprint density at radius 1 is 0.188 bits per heavy atom. The summed E-state index contributed by atoms with van der Waals surface area (Å²) >= 11 is 5.17. The maximum absolute atomic E-state index is 4.92. The smallest absolute Gasteiger partial charge is 0.124 e.